The minimum absolute atomic E-state index is 0.379. The summed E-state index contributed by atoms with van der Waals surface area (Å²) in [5.74, 6) is -1.28. The maximum absolute atomic E-state index is 10.8. The van der Waals surface area contributed by atoms with Crippen molar-refractivity contribution in [3.05, 3.63) is 12.2 Å². The third-order valence-electron chi connectivity index (χ3n) is 1.30. The van der Waals surface area contributed by atoms with Crippen LogP contribution in [-0.2, 0) is 19.1 Å². The van der Waals surface area contributed by atoms with Gasteiger partial charge in [0.2, 0.25) is 0 Å². The predicted molar refractivity (Wildman–Crippen MR) is 42.3 cm³/mol. The molecule has 0 saturated heterocycles. The summed E-state index contributed by atoms with van der Waals surface area (Å²) < 4.78 is 8.77. The molecule has 0 aromatic carbocycles. The number of carbonyl (C=O) groups is 2. The Kier molecular flexibility index (Phi) is 4.76. The maximum atomic E-state index is 10.8. The molecule has 0 rings (SSSR count). The van der Waals surface area contributed by atoms with Crippen LogP contribution < -0.4 is 0 Å². The largest absolute Gasteiger partial charge is 0.469 e. The van der Waals surface area contributed by atoms with Crippen LogP contribution in [0.3, 0.4) is 0 Å². The number of hydrogen-bond donors (Lipinski definition) is 0. The number of esters is 2. The van der Waals surface area contributed by atoms with E-state index in [1.807, 2.05) is 0 Å². The van der Waals surface area contributed by atoms with Gasteiger partial charge in [-0.2, -0.15) is 0 Å². The molecule has 68 valence electrons. The van der Waals surface area contributed by atoms with Crippen molar-refractivity contribution in [2.45, 2.75) is 6.92 Å². The Labute approximate surface area is 71.2 Å². The van der Waals surface area contributed by atoms with Gasteiger partial charge in [-0.15, -0.1) is 0 Å². The molecule has 0 heterocycles. The van der Waals surface area contributed by atoms with Gasteiger partial charge in [0.05, 0.1) is 20.1 Å². The Balaban J connectivity index is 3.98. The minimum atomic E-state index is -0.481. The number of carbonyl (C=O) groups excluding carboxylic acids is 2. The van der Waals surface area contributed by atoms with Crippen molar-refractivity contribution in [2.75, 3.05) is 14.2 Å². The molecule has 0 fully saturated rings. The summed E-state index contributed by atoms with van der Waals surface area (Å²) >= 11 is 0. The van der Waals surface area contributed by atoms with E-state index in [-0.39, 0.29) is 5.97 Å². The molecule has 0 aromatic rings. The first kappa shape index (κ1) is 10.7. The fourth-order valence-corrected chi connectivity index (χ4v) is 0.555. The van der Waals surface area contributed by atoms with Crippen molar-refractivity contribution < 1.29 is 19.1 Å². The number of rotatable bonds is 3. The summed E-state index contributed by atoms with van der Waals surface area (Å²) in [7, 11) is 2.57. The molecule has 12 heavy (non-hydrogen) atoms. The molecule has 4 heteroatoms. The molecule has 0 aliphatic heterocycles. The zero-order valence-electron chi connectivity index (χ0n) is 7.37. The summed E-state index contributed by atoms with van der Waals surface area (Å²) in [6.45, 7) is 1.63. The van der Waals surface area contributed by atoms with E-state index in [1.165, 1.54) is 26.4 Å². The Morgan fingerprint density at radius 3 is 2.25 bits per heavy atom. The molecule has 4 nitrogen and oxygen atoms in total. The van der Waals surface area contributed by atoms with E-state index in [2.05, 4.69) is 9.47 Å². The molecule has 0 aromatic heterocycles. The second-order valence-electron chi connectivity index (χ2n) is 2.19. The minimum Gasteiger partial charge on any atom is -0.469 e. The van der Waals surface area contributed by atoms with Crippen LogP contribution >= 0.6 is 0 Å². The number of methoxy groups -OCH3 is 2. The Morgan fingerprint density at radius 2 is 1.83 bits per heavy atom. The maximum Gasteiger partial charge on any atom is 0.330 e. The normalized spacial score (nSPS) is 12.6. The fraction of sp³-hybridized carbons (Fsp3) is 0.500. The van der Waals surface area contributed by atoms with Crippen molar-refractivity contribution >= 4 is 11.9 Å². The van der Waals surface area contributed by atoms with Crippen molar-refractivity contribution in [3.63, 3.8) is 0 Å². The van der Waals surface area contributed by atoms with Crippen LogP contribution in [0.5, 0.6) is 0 Å². The summed E-state index contributed by atoms with van der Waals surface area (Å²) in [4.78, 5) is 21.4. The van der Waals surface area contributed by atoms with Gasteiger partial charge in [-0.05, 0) is 6.92 Å². The first-order valence-corrected chi connectivity index (χ1v) is 3.45. The van der Waals surface area contributed by atoms with Gasteiger partial charge < -0.3 is 9.47 Å². The average Bonchev–Trinajstić information content (AvgIpc) is 2.11. The van der Waals surface area contributed by atoms with E-state index in [4.69, 9.17) is 0 Å². The standard InChI is InChI=1S/C8H12O4/c1-6(8(10)12-3)4-5-7(9)11-2/h4-6H,1-3H3. The molecule has 0 radical (unpaired) electrons. The third-order valence-corrected chi connectivity index (χ3v) is 1.30. The highest BCUT2D eigenvalue weighted by Crippen LogP contribution is 1.99. The summed E-state index contributed by atoms with van der Waals surface area (Å²) in [5, 5.41) is 0. The van der Waals surface area contributed by atoms with Gasteiger partial charge in [0.1, 0.15) is 0 Å². The van der Waals surface area contributed by atoms with Crippen LogP contribution in [0.25, 0.3) is 0 Å². The summed E-state index contributed by atoms with van der Waals surface area (Å²) in [5.41, 5.74) is 0. The molecule has 0 amide bonds. The van der Waals surface area contributed by atoms with Crippen LogP contribution in [-0.4, -0.2) is 26.2 Å². The third kappa shape index (κ3) is 3.75. The highest BCUT2D eigenvalue weighted by Gasteiger charge is 2.08. The van der Waals surface area contributed by atoms with E-state index >= 15 is 0 Å². The fourth-order valence-electron chi connectivity index (χ4n) is 0.555. The van der Waals surface area contributed by atoms with E-state index in [0.29, 0.717) is 0 Å². The summed E-state index contributed by atoms with van der Waals surface area (Å²) in [6.07, 6.45) is 2.62. The molecule has 0 aliphatic rings. The molecule has 0 aliphatic carbocycles. The van der Waals surface area contributed by atoms with Gasteiger partial charge in [-0.25, -0.2) is 4.79 Å². The lowest BCUT2D eigenvalue weighted by atomic mass is 10.2. The first-order valence-electron chi connectivity index (χ1n) is 3.45. The van der Waals surface area contributed by atoms with Gasteiger partial charge in [0.25, 0.3) is 0 Å². The Morgan fingerprint density at radius 1 is 1.25 bits per heavy atom. The zero-order chi connectivity index (χ0) is 9.56. The zero-order valence-corrected chi connectivity index (χ0v) is 7.37. The molecular formula is C8H12O4. The van der Waals surface area contributed by atoms with E-state index < -0.39 is 11.9 Å². The van der Waals surface area contributed by atoms with Crippen molar-refractivity contribution in [1.29, 1.82) is 0 Å². The molecule has 1 atom stereocenters. The van der Waals surface area contributed by atoms with E-state index in [0.717, 1.165) is 0 Å². The van der Waals surface area contributed by atoms with Gasteiger partial charge in [-0.3, -0.25) is 4.79 Å². The second-order valence-corrected chi connectivity index (χ2v) is 2.19. The highest BCUT2D eigenvalue weighted by atomic mass is 16.5. The average molecular weight is 172 g/mol. The van der Waals surface area contributed by atoms with Gasteiger partial charge in [-0.1, -0.05) is 6.08 Å². The molecule has 0 spiro atoms. The van der Waals surface area contributed by atoms with Crippen LogP contribution in [0.2, 0.25) is 0 Å². The molecule has 0 saturated carbocycles. The van der Waals surface area contributed by atoms with Crippen molar-refractivity contribution in [2.24, 2.45) is 5.92 Å². The van der Waals surface area contributed by atoms with Crippen LogP contribution in [0, 0.1) is 5.92 Å². The van der Waals surface area contributed by atoms with Crippen LogP contribution in [0.1, 0.15) is 6.92 Å². The van der Waals surface area contributed by atoms with E-state index in [9.17, 15) is 9.59 Å². The van der Waals surface area contributed by atoms with Crippen LogP contribution in [0.4, 0.5) is 0 Å². The van der Waals surface area contributed by atoms with Crippen molar-refractivity contribution in [1.82, 2.24) is 0 Å². The number of hydrogen-bond acceptors (Lipinski definition) is 4. The van der Waals surface area contributed by atoms with Crippen molar-refractivity contribution in [3.8, 4) is 0 Å². The Hall–Kier alpha value is -1.32. The quantitative estimate of drug-likeness (QED) is 0.460. The highest BCUT2D eigenvalue weighted by molar-refractivity contribution is 5.83. The smallest absolute Gasteiger partial charge is 0.330 e. The first-order chi connectivity index (χ1) is 5.61. The molecule has 0 bridgehead atoms. The monoisotopic (exact) mass is 172 g/mol. The lowest BCUT2D eigenvalue weighted by molar-refractivity contribution is -0.143. The molecular weight excluding hydrogens is 160 g/mol. The van der Waals surface area contributed by atoms with Gasteiger partial charge >= 0.3 is 11.9 Å². The predicted octanol–water partition coefficient (Wildman–Crippen LogP) is 0.525. The lowest BCUT2D eigenvalue weighted by Gasteiger charge is -2.01. The van der Waals surface area contributed by atoms with Crippen LogP contribution in [0.15, 0.2) is 12.2 Å². The Bertz CT molecular complexity index is 195. The SMILES string of the molecule is COC(=O)C=CC(C)C(=O)OC. The summed E-state index contributed by atoms with van der Waals surface area (Å²) in [6, 6.07) is 0. The lowest BCUT2D eigenvalue weighted by Crippen LogP contribution is -2.10. The molecule has 1 unspecified atom stereocenters. The topological polar surface area (TPSA) is 52.6 Å². The van der Waals surface area contributed by atoms with E-state index in [1.54, 1.807) is 6.92 Å². The molecule has 0 N–H and O–H groups in total. The second kappa shape index (κ2) is 5.35. The number of ether oxygens (including phenoxy) is 2. The van der Waals surface area contributed by atoms with Gasteiger partial charge in [0.15, 0.2) is 0 Å². The van der Waals surface area contributed by atoms with Gasteiger partial charge in [0, 0.05) is 6.08 Å².